The second-order valence-corrected chi connectivity index (χ2v) is 6.56. The Balaban J connectivity index is 1.32. The van der Waals surface area contributed by atoms with Gasteiger partial charge in [0.15, 0.2) is 0 Å². The first kappa shape index (κ1) is 15.5. The van der Waals surface area contributed by atoms with Gasteiger partial charge in [-0.2, -0.15) is 5.10 Å². The van der Waals surface area contributed by atoms with Crippen LogP contribution in [0.25, 0.3) is 46.1 Å². The van der Waals surface area contributed by atoms with Gasteiger partial charge in [0, 0.05) is 23.4 Å². The first-order chi connectivity index (χ1) is 13.3. The van der Waals surface area contributed by atoms with Crippen molar-refractivity contribution < 1.29 is 0 Å². The van der Waals surface area contributed by atoms with Crippen molar-refractivity contribution in [2.45, 2.75) is 0 Å². The molecule has 0 aliphatic rings. The van der Waals surface area contributed by atoms with E-state index in [4.69, 9.17) is 0 Å². The lowest BCUT2D eigenvalue weighted by Gasteiger charge is -1.94. The zero-order chi connectivity index (χ0) is 18.1. The van der Waals surface area contributed by atoms with Crippen LogP contribution in [0.5, 0.6) is 0 Å². The second-order valence-electron chi connectivity index (χ2n) is 6.56. The van der Waals surface area contributed by atoms with E-state index in [0.29, 0.717) is 0 Å². The Morgan fingerprint density at radius 1 is 0.630 bits per heavy atom. The summed E-state index contributed by atoms with van der Waals surface area (Å²) >= 11 is 0. The van der Waals surface area contributed by atoms with Crippen LogP contribution in [0, 0.1) is 0 Å². The summed E-state index contributed by atoms with van der Waals surface area (Å²) in [5.74, 6) is 0. The Labute approximate surface area is 156 Å². The molecule has 0 amide bonds. The number of nitrogens with zero attached hydrogens (tertiary/aromatic N) is 1. The number of hydrogen-bond acceptors (Lipinski definition) is 1. The van der Waals surface area contributed by atoms with E-state index in [2.05, 4.69) is 80.8 Å². The Kier molecular flexibility index (Phi) is 3.72. The summed E-state index contributed by atoms with van der Waals surface area (Å²) in [7, 11) is 0. The number of nitrogens with one attached hydrogen (secondary N) is 3. The smallest absolute Gasteiger partial charge is 0.0854 e. The van der Waals surface area contributed by atoms with Crippen LogP contribution in [0.4, 0.5) is 0 Å². The van der Waals surface area contributed by atoms with Crippen molar-refractivity contribution >= 4 is 46.1 Å². The summed E-state index contributed by atoms with van der Waals surface area (Å²) in [4.78, 5) is 6.48. The summed E-state index contributed by atoms with van der Waals surface area (Å²) in [5.41, 5.74) is 6.45. The van der Waals surface area contributed by atoms with Gasteiger partial charge in [0.1, 0.15) is 0 Å². The molecule has 0 saturated carbocycles. The minimum absolute atomic E-state index is 0.904. The molecule has 0 bridgehead atoms. The van der Waals surface area contributed by atoms with Gasteiger partial charge < -0.3 is 9.97 Å². The molecule has 0 aliphatic heterocycles. The standard InChI is InChI=1S/C23H18N4/c1-5-18-9-11-24-22(18)13-16(1)3-7-20-15-21(27-26-20)8-4-17-2-6-19-10-12-25-23(19)14-17/h1-15,24-25H,(H,26,27). The van der Waals surface area contributed by atoms with Gasteiger partial charge in [-0.3, -0.25) is 5.10 Å². The van der Waals surface area contributed by atoms with Crippen molar-refractivity contribution in [3.63, 3.8) is 0 Å². The lowest BCUT2D eigenvalue weighted by atomic mass is 10.1. The number of rotatable bonds is 4. The molecule has 0 spiro atoms. The van der Waals surface area contributed by atoms with Gasteiger partial charge in [0.25, 0.3) is 0 Å². The molecule has 0 saturated heterocycles. The van der Waals surface area contributed by atoms with E-state index in [0.717, 1.165) is 33.5 Å². The fraction of sp³-hybridized carbons (Fsp3) is 0. The molecule has 0 atom stereocenters. The zero-order valence-corrected chi connectivity index (χ0v) is 14.6. The van der Waals surface area contributed by atoms with Gasteiger partial charge in [-0.15, -0.1) is 0 Å². The molecule has 3 N–H and O–H groups in total. The lowest BCUT2D eigenvalue weighted by Crippen LogP contribution is -1.75. The minimum Gasteiger partial charge on any atom is -0.361 e. The predicted molar refractivity (Wildman–Crippen MR) is 113 cm³/mol. The molecule has 0 unspecified atom stereocenters. The molecule has 2 aromatic carbocycles. The topological polar surface area (TPSA) is 60.3 Å². The third-order valence-electron chi connectivity index (χ3n) is 4.68. The molecule has 3 aromatic heterocycles. The number of fused-ring (bicyclic) bond motifs is 2. The SMILES string of the molecule is C(=Cc1cc(C=Cc2ccc3cc[nH]c3c2)[nH]n1)c1ccc2cc[nH]c2c1. The highest BCUT2D eigenvalue weighted by atomic mass is 15.1. The predicted octanol–water partition coefficient (Wildman–Crippen LogP) is 5.71. The van der Waals surface area contributed by atoms with Crippen molar-refractivity contribution in [1.29, 1.82) is 0 Å². The van der Waals surface area contributed by atoms with Gasteiger partial charge in [0.2, 0.25) is 0 Å². The molecule has 4 nitrogen and oxygen atoms in total. The maximum atomic E-state index is 4.36. The van der Waals surface area contributed by atoms with Crippen molar-refractivity contribution in [3.05, 3.63) is 89.5 Å². The van der Waals surface area contributed by atoms with Gasteiger partial charge in [0.05, 0.1) is 11.4 Å². The van der Waals surface area contributed by atoms with Crippen LogP contribution < -0.4 is 0 Å². The van der Waals surface area contributed by atoms with Crippen LogP contribution in [0.3, 0.4) is 0 Å². The third kappa shape index (κ3) is 3.20. The van der Waals surface area contributed by atoms with Crippen molar-refractivity contribution in [1.82, 2.24) is 20.2 Å². The van der Waals surface area contributed by atoms with Gasteiger partial charge in [-0.1, -0.05) is 36.4 Å². The number of H-pyrrole nitrogens is 3. The number of aromatic amines is 3. The number of aromatic nitrogens is 4. The molecule has 0 fully saturated rings. The first-order valence-electron chi connectivity index (χ1n) is 8.89. The highest BCUT2D eigenvalue weighted by molar-refractivity contribution is 5.84. The van der Waals surface area contributed by atoms with Gasteiger partial charge in [-0.25, -0.2) is 0 Å². The van der Waals surface area contributed by atoms with Crippen LogP contribution in [0.15, 0.2) is 67.0 Å². The lowest BCUT2D eigenvalue weighted by molar-refractivity contribution is 1.07. The molecule has 0 aliphatic carbocycles. The summed E-state index contributed by atoms with van der Waals surface area (Å²) in [6.45, 7) is 0. The fourth-order valence-electron chi connectivity index (χ4n) is 3.23. The molecule has 5 aromatic rings. The normalized spacial score (nSPS) is 12.1. The van der Waals surface area contributed by atoms with Crippen LogP contribution in [0.2, 0.25) is 0 Å². The Bertz CT molecular complexity index is 1180. The largest absolute Gasteiger partial charge is 0.361 e. The van der Waals surface area contributed by atoms with Crippen LogP contribution >= 0.6 is 0 Å². The van der Waals surface area contributed by atoms with Crippen LogP contribution in [-0.2, 0) is 0 Å². The monoisotopic (exact) mass is 350 g/mol. The third-order valence-corrected chi connectivity index (χ3v) is 4.68. The maximum Gasteiger partial charge on any atom is 0.0854 e. The number of hydrogen-bond donors (Lipinski definition) is 3. The molecule has 27 heavy (non-hydrogen) atoms. The molecular weight excluding hydrogens is 332 g/mol. The Morgan fingerprint density at radius 2 is 1.26 bits per heavy atom. The van der Waals surface area contributed by atoms with Crippen molar-refractivity contribution in [2.24, 2.45) is 0 Å². The average molecular weight is 350 g/mol. The van der Waals surface area contributed by atoms with Crippen LogP contribution in [0.1, 0.15) is 22.5 Å². The zero-order valence-electron chi connectivity index (χ0n) is 14.6. The van der Waals surface area contributed by atoms with E-state index in [1.165, 1.54) is 10.8 Å². The summed E-state index contributed by atoms with van der Waals surface area (Å²) in [6, 6.07) is 18.9. The average Bonchev–Trinajstić information content (AvgIpc) is 3.44. The van der Waals surface area contributed by atoms with Crippen LogP contribution in [-0.4, -0.2) is 20.2 Å². The molecule has 4 heteroatoms. The molecule has 3 heterocycles. The van der Waals surface area contributed by atoms with Crippen molar-refractivity contribution in [3.8, 4) is 0 Å². The number of benzene rings is 2. The van der Waals surface area contributed by atoms with E-state index in [1.54, 1.807) is 0 Å². The van der Waals surface area contributed by atoms with E-state index < -0.39 is 0 Å². The molecule has 5 rings (SSSR count). The summed E-state index contributed by atoms with van der Waals surface area (Å²) in [5, 5.41) is 9.87. The highest BCUT2D eigenvalue weighted by Crippen LogP contribution is 2.18. The van der Waals surface area contributed by atoms with E-state index >= 15 is 0 Å². The maximum absolute atomic E-state index is 4.36. The van der Waals surface area contributed by atoms with Crippen molar-refractivity contribution in [2.75, 3.05) is 0 Å². The fourth-order valence-corrected chi connectivity index (χ4v) is 3.23. The van der Waals surface area contributed by atoms with E-state index in [-0.39, 0.29) is 0 Å². The van der Waals surface area contributed by atoms with E-state index in [1.807, 2.05) is 30.6 Å². The molecule has 130 valence electrons. The Hall–Kier alpha value is -3.79. The summed E-state index contributed by atoms with van der Waals surface area (Å²) < 4.78 is 0. The first-order valence-corrected chi connectivity index (χ1v) is 8.89. The van der Waals surface area contributed by atoms with Gasteiger partial charge in [-0.05, 0) is 64.4 Å². The van der Waals surface area contributed by atoms with Gasteiger partial charge >= 0.3 is 0 Å². The molecule has 0 radical (unpaired) electrons. The minimum atomic E-state index is 0.904. The highest BCUT2D eigenvalue weighted by Gasteiger charge is 1.98. The quantitative estimate of drug-likeness (QED) is 0.382. The Morgan fingerprint density at radius 3 is 1.93 bits per heavy atom. The van der Waals surface area contributed by atoms with E-state index in [9.17, 15) is 0 Å². The second kappa shape index (κ2) is 6.50. The summed E-state index contributed by atoms with van der Waals surface area (Å²) in [6.07, 6.45) is 12.1. The molecular formula is C23H18N4.